The molecular weight excluding hydrogens is 380 g/mol. The second-order valence-electron chi connectivity index (χ2n) is 7.75. The molecule has 28 heavy (non-hydrogen) atoms. The minimum atomic E-state index is -2.99. The van der Waals surface area contributed by atoms with E-state index in [2.05, 4.69) is 15.6 Å². The molecule has 162 valence electrons. The normalized spacial score (nSPS) is 21.7. The highest BCUT2D eigenvalue weighted by molar-refractivity contribution is 7.90. The molecule has 0 bridgehead atoms. The second kappa shape index (κ2) is 11.6. The van der Waals surface area contributed by atoms with Gasteiger partial charge in [0.15, 0.2) is 5.96 Å². The molecule has 1 aliphatic carbocycles. The van der Waals surface area contributed by atoms with Gasteiger partial charge in [0, 0.05) is 37.8 Å². The molecule has 1 heterocycles. The molecule has 1 aliphatic heterocycles. The molecule has 0 spiro atoms. The summed E-state index contributed by atoms with van der Waals surface area (Å²) in [6.45, 7) is 5.32. The van der Waals surface area contributed by atoms with Crippen molar-refractivity contribution in [2.45, 2.75) is 51.5 Å². The molecule has 1 amide bonds. The number of sulfone groups is 1. The van der Waals surface area contributed by atoms with Crippen molar-refractivity contribution in [2.75, 3.05) is 51.4 Å². The molecule has 1 saturated heterocycles. The Kier molecular flexibility index (Phi) is 9.50. The van der Waals surface area contributed by atoms with Crippen molar-refractivity contribution in [3.8, 4) is 0 Å². The van der Waals surface area contributed by atoms with Crippen molar-refractivity contribution >= 4 is 21.7 Å². The molecule has 9 heteroatoms. The molecule has 8 nitrogen and oxygen atoms in total. The molecule has 1 unspecified atom stereocenters. The van der Waals surface area contributed by atoms with Gasteiger partial charge >= 0.3 is 0 Å². The minimum Gasteiger partial charge on any atom is -0.378 e. The van der Waals surface area contributed by atoms with Crippen LogP contribution in [0.15, 0.2) is 4.99 Å². The average Bonchev–Trinajstić information content (AvgIpc) is 3.12. The third-order valence-electron chi connectivity index (χ3n) is 5.24. The van der Waals surface area contributed by atoms with Crippen LogP contribution in [0.5, 0.6) is 0 Å². The summed E-state index contributed by atoms with van der Waals surface area (Å²) in [6.07, 6.45) is 7.81. The van der Waals surface area contributed by atoms with E-state index < -0.39 is 9.84 Å². The molecule has 0 radical (unpaired) electrons. The zero-order chi connectivity index (χ0) is 20.4. The first-order valence-electron chi connectivity index (χ1n) is 10.5. The summed E-state index contributed by atoms with van der Waals surface area (Å²) in [5.41, 5.74) is 0. The number of likely N-dealkylation sites (tertiary alicyclic amines) is 1. The van der Waals surface area contributed by atoms with Crippen LogP contribution >= 0.6 is 0 Å². The third kappa shape index (κ3) is 8.34. The lowest BCUT2D eigenvalue weighted by Gasteiger charge is -2.26. The van der Waals surface area contributed by atoms with E-state index in [-0.39, 0.29) is 24.3 Å². The van der Waals surface area contributed by atoms with E-state index in [0.29, 0.717) is 25.0 Å². The average molecular weight is 417 g/mol. The Labute approximate surface area is 169 Å². The number of ether oxygens (including phenoxy) is 1. The summed E-state index contributed by atoms with van der Waals surface area (Å²) in [6, 6.07) is 0.205. The Hall–Kier alpha value is -1.35. The maximum absolute atomic E-state index is 12.7. The Morgan fingerprint density at radius 1 is 1.18 bits per heavy atom. The molecule has 2 N–H and O–H groups in total. The van der Waals surface area contributed by atoms with E-state index in [9.17, 15) is 13.2 Å². The molecule has 1 atom stereocenters. The highest BCUT2D eigenvalue weighted by atomic mass is 32.2. The van der Waals surface area contributed by atoms with E-state index in [0.717, 1.165) is 38.9 Å². The Balaban J connectivity index is 1.73. The Morgan fingerprint density at radius 3 is 2.61 bits per heavy atom. The van der Waals surface area contributed by atoms with E-state index in [1.807, 2.05) is 11.8 Å². The zero-order valence-corrected chi connectivity index (χ0v) is 18.1. The van der Waals surface area contributed by atoms with Crippen molar-refractivity contribution in [2.24, 2.45) is 10.9 Å². The maximum Gasteiger partial charge on any atom is 0.225 e. The van der Waals surface area contributed by atoms with Gasteiger partial charge in [-0.15, -0.1) is 0 Å². The lowest BCUT2D eigenvalue weighted by atomic mass is 9.88. The molecular formula is C19H36N4O4S. The van der Waals surface area contributed by atoms with Crippen LogP contribution in [0.25, 0.3) is 0 Å². The predicted molar refractivity (Wildman–Crippen MR) is 111 cm³/mol. The monoisotopic (exact) mass is 416 g/mol. The van der Waals surface area contributed by atoms with Crippen LogP contribution in [-0.2, 0) is 19.4 Å². The van der Waals surface area contributed by atoms with Crippen LogP contribution in [0.2, 0.25) is 0 Å². The van der Waals surface area contributed by atoms with Crippen LogP contribution in [0.1, 0.15) is 45.4 Å². The van der Waals surface area contributed by atoms with Gasteiger partial charge in [0.05, 0.1) is 25.5 Å². The van der Waals surface area contributed by atoms with Gasteiger partial charge in [-0.1, -0.05) is 19.3 Å². The van der Waals surface area contributed by atoms with Gasteiger partial charge in [0.1, 0.15) is 9.84 Å². The van der Waals surface area contributed by atoms with E-state index in [1.165, 1.54) is 25.5 Å². The summed E-state index contributed by atoms with van der Waals surface area (Å²) in [5.74, 6) is 1.29. The molecule has 2 fully saturated rings. The van der Waals surface area contributed by atoms with Gasteiger partial charge in [-0.3, -0.25) is 9.79 Å². The molecule has 2 rings (SSSR count). The number of nitrogens with one attached hydrogen (secondary N) is 2. The maximum atomic E-state index is 12.7. The lowest BCUT2D eigenvalue weighted by molar-refractivity contribution is -0.135. The number of carbonyl (C=O) groups excluding carboxylic acids is 1. The summed E-state index contributed by atoms with van der Waals surface area (Å²) in [7, 11) is -2.99. The van der Waals surface area contributed by atoms with E-state index in [1.54, 1.807) is 0 Å². The Bertz CT molecular complexity index is 617. The molecule has 0 aromatic carbocycles. The second-order valence-corrected chi connectivity index (χ2v) is 10.0. The van der Waals surface area contributed by atoms with Crippen LogP contribution < -0.4 is 10.6 Å². The summed E-state index contributed by atoms with van der Waals surface area (Å²) in [4.78, 5) is 19.2. The number of guanidine groups is 1. The van der Waals surface area contributed by atoms with Crippen LogP contribution in [-0.4, -0.2) is 82.6 Å². The topological polar surface area (TPSA) is 100 Å². The standard InChI is InChI=1S/C19H36N4O4S/c1-3-20-19(21-10-12-27-13-14-28(2,25)26)22-17-9-11-23(15-17)18(24)16-7-5-4-6-8-16/h16-17H,3-15H2,1-2H3,(H2,20,21,22). The number of carbonyl (C=O) groups is 1. The highest BCUT2D eigenvalue weighted by Gasteiger charge is 2.31. The Morgan fingerprint density at radius 2 is 1.93 bits per heavy atom. The van der Waals surface area contributed by atoms with Crippen molar-refractivity contribution < 1.29 is 17.9 Å². The largest absolute Gasteiger partial charge is 0.378 e. The van der Waals surface area contributed by atoms with Gasteiger partial charge in [-0.25, -0.2) is 8.42 Å². The SMILES string of the molecule is CCNC(=NCCOCCS(C)(=O)=O)NC1CCN(C(=O)C2CCCCC2)C1. The van der Waals surface area contributed by atoms with E-state index >= 15 is 0 Å². The quantitative estimate of drug-likeness (QED) is 0.327. The molecule has 0 aromatic heterocycles. The van der Waals surface area contributed by atoms with Gasteiger partial charge < -0.3 is 20.3 Å². The first kappa shape index (κ1) is 22.9. The van der Waals surface area contributed by atoms with E-state index in [4.69, 9.17) is 4.74 Å². The number of rotatable bonds is 9. The molecule has 2 aliphatic rings. The van der Waals surface area contributed by atoms with Gasteiger partial charge in [0.25, 0.3) is 0 Å². The first-order chi connectivity index (χ1) is 13.4. The summed E-state index contributed by atoms with van der Waals surface area (Å²) >= 11 is 0. The summed E-state index contributed by atoms with van der Waals surface area (Å²) < 4.78 is 27.5. The number of hydrogen-bond donors (Lipinski definition) is 2. The fourth-order valence-electron chi connectivity index (χ4n) is 3.73. The first-order valence-corrected chi connectivity index (χ1v) is 12.5. The number of hydrogen-bond acceptors (Lipinski definition) is 5. The zero-order valence-electron chi connectivity index (χ0n) is 17.3. The fraction of sp³-hybridized carbons (Fsp3) is 0.895. The number of nitrogens with zero attached hydrogens (tertiary/aromatic N) is 2. The van der Waals surface area contributed by atoms with Crippen LogP contribution in [0.4, 0.5) is 0 Å². The number of aliphatic imine (C=N–C) groups is 1. The van der Waals surface area contributed by atoms with Gasteiger partial charge in [0.2, 0.25) is 5.91 Å². The smallest absolute Gasteiger partial charge is 0.225 e. The minimum absolute atomic E-state index is 0.0297. The van der Waals surface area contributed by atoms with Gasteiger partial charge in [-0.05, 0) is 26.2 Å². The van der Waals surface area contributed by atoms with Crippen molar-refractivity contribution in [3.63, 3.8) is 0 Å². The third-order valence-corrected chi connectivity index (χ3v) is 6.15. The van der Waals surface area contributed by atoms with Gasteiger partial charge in [-0.2, -0.15) is 0 Å². The predicted octanol–water partition coefficient (Wildman–Crippen LogP) is 0.784. The van der Waals surface area contributed by atoms with Crippen LogP contribution in [0.3, 0.4) is 0 Å². The van der Waals surface area contributed by atoms with Crippen LogP contribution in [0, 0.1) is 5.92 Å². The fourth-order valence-corrected chi connectivity index (χ4v) is 4.15. The highest BCUT2D eigenvalue weighted by Crippen LogP contribution is 2.26. The molecule has 1 saturated carbocycles. The van der Waals surface area contributed by atoms with Crippen molar-refractivity contribution in [1.29, 1.82) is 0 Å². The van der Waals surface area contributed by atoms with Crippen molar-refractivity contribution in [3.05, 3.63) is 0 Å². The lowest BCUT2D eigenvalue weighted by Crippen LogP contribution is -2.45. The summed E-state index contributed by atoms with van der Waals surface area (Å²) in [5, 5.41) is 6.63. The molecule has 0 aromatic rings. The number of amides is 1. The van der Waals surface area contributed by atoms with Crippen molar-refractivity contribution in [1.82, 2.24) is 15.5 Å².